The molecule has 1 aliphatic heterocycles. The number of benzene rings is 1. The van der Waals surface area contributed by atoms with Crippen molar-refractivity contribution < 1.29 is 9.53 Å². The van der Waals surface area contributed by atoms with Crippen LogP contribution in [0.2, 0.25) is 0 Å². The number of nitrogens with one attached hydrogen (secondary N) is 2. The molecule has 5 nitrogen and oxygen atoms in total. The van der Waals surface area contributed by atoms with E-state index < -0.39 is 0 Å². The van der Waals surface area contributed by atoms with E-state index in [1.165, 1.54) is 22.9 Å². The van der Waals surface area contributed by atoms with E-state index >= 15 is 0 Å². The molecule has 0 bridgehead atoms. The van der Waals surface area contributed by atoms with E-state index in [1.54, 1.807) is 0 Å². The number of esters is 1. The van der Waals surface area contributed by atoms with Gasteiger partial charge in [-0.05, 0) is 36.2 Å². The van der Waals surface area contributed by atoms with Crippen molar-refractivity contribution in [3.63, 3.8) is 0 Å². The van der Waals surface area contributed by atoms with E-state index in [1.807, 2.05) is 0 Å². The molecule has 0 saturated carbocycles. The van der Waals surface area contributed by atoms with Gasteiger partial charge in [0.1, 0.15) is 6.61 Å². The summed E-state index contributed by atoms with van der Waals surface area (Å²) < 4.78 is 5.16. The van der Waals surface area contributed by atoms with Crippen LogP contribution in [0, 0.1) is 0 Å². The number of ether oxygens (including phenoxy) is 1. The molecule has 3 rings (SSSR count). The predicted octanol–water partition coefficient (Wildman–Crippen LogP) is 1.83. The van der Waals surface area contributed by atoms with Crippen LogP contribution < -0.4 is 10.6 Å². The maximum atomic E-state index is 11.7. The molecular formula is C16H19N3O2S2. The molecule has 1 aromatic carbocycles. The topological polar surface area (TPSA) is 62.7 Å². The Morgan fingerprint density at radius 1 is 1.43 bits per heavy atom. The van der Waals surface area contributed by atoms with Crippen LogP contribution in [0.5, 0.6) is 0 Å². The Morgan fingerprint density at radius 3 is 3.13 bits per heavy atom. The number of aliphatic imine (C=N–C) groups is 1. The van der Waals surface area contributed by atoms with Crippen LogP contribution in [0.4, 0.5) is 0 Å². The minimum atomic E-state index is -0.335. The van der Waals surface area contributed by atoms with Crippen molar-refractivity contribution >= 4 is 40.1 Å². The minimum absolute atomic E-state index is 0.262. The van der Waals surface area contributed by atoms with Gasteiger partial charge >= 0.3 is 5.97 Å². The Bertz CT molecular complexity index is 634. The normalized spacial score (nSPS) is 19.0. The standard InChI is InChI=1S/C16H19N3O2S2/c20-15(14-17-8-10-23-14)21-9-7-18-16(22)19-13-6-5-11-3-1-2-4-12(11)13/h1-4,13H,5-10H2,(H2,18,19,22). The molecule has 1 unspecified atom stereocenters. The second-order valence-corrected chi connectivity index (χ2v) is 6.85. The molecule has 2 aliphatic rings. The Kier molecular flexibility index (Phi) is 5.51. The number of hydrogen-bond acceptors (Lipinski definition) is 5. The Labute approximate surface area is 145 Å². The highest BCUT2D eigenvalue weighted by Crippen LogP contribution is 2.30. The van der Waals surface area contributed by atoms with Gasteiger partial charge in [-0.25, -0.2) is 4.79 Å². The first-order valence-electron chi connectivity index (χ1n) is 7.70. The summed E-state index contributed by atoms with van der Waals surface area (Å²) in [7, 11) is 0. The summed E-state index contributed by atoms with van der Waals surface area (Å²) in [4.78, 5) is 15.7. The van der Waals surface area contributed by atoms with Crippen LogP contribution in [-0.2, 0) is 16.0 Å². The molecule has 0 amide bonds. The van der Waals surface area contributed by atoms with Crippen molar-refractivity contribution in [3.8, 4) is 0 Å². The second kappa shape index (κ2) is 7.79. The molecule has 0 spiro atoms. The van der Waals surface area contributed by atoms with E-state index in [4.69, 9.17) is 17.0 Å². The number of rotatable bonds is 5. The highest BCUT2D eigenvalue weighted by Gasteiger charge is 2.22. The number of fused-ring (bicyclic) bond motifs is 1. The third kappa shape index (κ3) is 4.23. The van der Waals surface area contributed by atoms with Gasteiger partial charge in [0.15, 0.2) is 10.2 Å². The fourth-order valence-electron chi connectivity index (χ4n) is 2.75. The zero-order valence-corrected chi connectivity index (χ0v) is 14.3. The number of thioether (sulfide) groups is 1. The van der Waals surface area contributed by atoms with Crippen molar-refractivity contribution in [2.75, 3.05) is 25.4 Å². The first-order chi connectivity index (χ1) is 11.2. The highest BCUT2D eigenvalue weighted by molar-refractivity contribution is 8.16. The van der Waals surface area contributed by atoms with Gasteiger partial charge in [-0.1, -0.05) is 36.0 Å². The van der Waals surface area contributed by atoms with Crippen LogP contribution in [0.3, 0.4) is 0 Å². The van der Waals surface area contributed by atoms with E-state index in [9.17, 15) is 4.79 Å². The Hall–Kier alpha value is -1.60. The first kappa shape index (κ1) is 16.3. The molecule has 1 heterocycles. The van der Waals surface area contributed by atoms with Gasteiger partial charge in [0.05, 0.1) is 12.6 Å². The summed E-state index contributed by atoms with van der Waals surface area (Å²) in [6, 6.07) is 8.69. The van der Waals surface area contributed by atoms with Gasteiger partial charge in [-0.2, -0.15) is 0 Å². The van der Waals surface area contributed by atoms with Crippen molar-refractivity contribution in [3.05, 3.63) is 35.4 Å². The molecule has 1 aromatic rings. The summed E-state index contributed by atoms with van der Waals surface area (Å²) in [5, 5.41) is 7.49. The first-order valence-corrected chi connectivity index (χ1v) is 9.10. The Balaban J connectivity index is 1.37. The van der Waals surface area contributed by atoms with Gasteiger partial charge < -0.3 is 15.4 Å². The zero-order valence-electron chi connectivity index (χ0n) is 12.7. The number of carbonyl (C=O) groups is 1. The zero-order chi connectivity index (χ0) is 16.1. The molecule has 1 aliphatic carbocycles. The predicted molar refractivity (Wildman–Crippen MR) is 97.0 cm³/mol. The van der Waals surface area contributed by atoms with Crippen molar-refractivity contribution in [2.24, 2.45) is 4.99 Å². The number of carbonyl (C=O) groups excluding carboxylic acids is 1. The van der Waals surface area contributed by atoms with Crippen LogP contribution in [0.25, 0.3) is 0 Å². The lowest BCUT2D eigenvalue weighted by atomic mass is 10.1. The third-order valence-electron chi connectivity index (χ3n) is 3.82. The molecule has 0 fully saturated rings. The van der Waals surface area contributed by atoms with E-state index in [2.05, 4.69) is 39.9 Å². The SMILES string of the molecule is O=C(OCCNC(=S)NC1CCc2ccccc21)C1=NCCS1. The van der Waals surface area contributed by atoms with Gasteiger partial charge in [0, 0.05) is 12.3 Å². The summed E-state index contributed by atoms with van der Waals surface area (Å²) in [6.07, 6.45) is 2.13. The molecule has 0 radical (unpaired) electrons. The lowest BCUT2D eigenvalue weighted by Crippen LogP contribution is -2.39. The van der Waals surface area contributed by atoms with Crippen molar-refractivity contribution in [2.45, 2.75) is 18.9 Å². The number of thiocarbonyl (C=S) groups is 1. The van der Waals surface area contributed by atoms with Gasteiger partial charge in [-0.3, -0.25) is 4.99 Å². The molecule has 1 atom stereocenters. The smallest absolute Gasteiger partial charge is 0.363 e. The fourth-order valence-corrected chi connectivity index (χ4v) is 3.72. The summed E-state index contributed by atoms with van der Waals surface area (Å²) in [6.45, 7) is 1.47. The molecule has 23 heavy (non-hydrogen) atoms. The maximum absolute atomic E-state index is 11.7. The fraction of sp³-hybridized carbons (Fsp3) is 0.438. The number of aryl methyl sites for hydroxylation is 1. The Morgan fingerprint density at radius 2 is 2.30 bits per heavy atom. The van der Waals surface area contributed by atoms with Gasteiger partial charge in [0.2, 0.25) is 0 Å². The van der Waals surface area contributed by atoms with Gasteiger partial charge in [-0.15, -0.1) is 0 Å². The number of hydrogen-bond donors (Lipinski definition) is 2. The third-order valence-corrected chi connectivity index (χ3v) is 5.04. The maximum Gasteiger partial charge on any atom is 0.363 e. The molecule has 7 heteroatoms. The van der Waals surface area contributed by atoms with E-state index in [0.29, 0.717) is 23.2 Å². The molecule has 122 valence electrons. The van der Waals surface area contributed by atoms with E-state index in [0.717, 1.165) is 18.6 Å². The van der Waals surface area contributed by atoms with E-state index in [-0.39, 0.29) is 18.6 Å². The quantitative estimate of drug-likeness (QED) is 0.480. The molecule has 0 aromatic heterocycles. The largest absolute Gasteiger partial charge is 0.459 e. The summed E-state index contributed by atoms with van der Waals surface area (Å²) in [5.74, 6) is 0.525. The minimum Gasteiger partial charge on any atom is -0.459 e. The van der Waals surface area contributed by atoms with Crippen molar-refractivity contribution in [1.29, 1.82) is 0 Å². The average molecular weight is 349 g/mol. The van der Waals surface area contributed by atoms with Crippen LogP contribution in [-0.4, -0.2) is 41.6 Å². The summed E-state index contributed by atoms with van der Waals surface area (Å²) >= 11 is 6.76. The highest BCUT2D eigenvalue weighted by atomic mass is 32.2. The van der Waals surface area contributed by atoms with Gasteiger partial charge in [0.25, 0.3) is 0 Å². The summed E-state index contributed by atoms with van der Waals surface area (Å²) in [5.41, 5.74) is 2.70. The molecule has 0 saturated heterocycles. The monoisotopic (exact) mass is 349 g/mol. The second-order valence-electron chi connectivity index (χ2n) is 5.36. The molecule has 2 N–H and O–H groups in total. The number of nitrogens with zero attached hydrogens (tertiary/aromatic N) is 1. The lowest BCUT2D eigenvalue weighted by molar-refractivity contribution is -0.135. The lowest BCUT2D eigenvalue weighted by Gasteiger charge is -2.17. The van der Waals surface area contributed by atoms with Crippen molar-refractivity contribution in [1.82, 2.24) is 10.6 Å². The van der Waals surface area contributed by atoms with Crippen LogP contribution in [0.1, 0.15) is 23.6 Å². The average Bonchev–Trinajstić information content (AvgIpc) is 3.22. The van der Waals surface area contributed by atoms with Crippen LogP contribution in [0.15, 0.2) is 29.3 Å². The van der Waals surface area contributed by atoms with Crippen LogP contribution >= 0.6 is 24.0 Å². The molecular weight excluding hydrogens is 330 g/mol.